The third-order valence-corrected chi connectivity index (χ3v) is 1.98. The van der Waals surface area contributed by atoms with Crippen molar-refractivity contribution < 1.29 is 4.79 Å². The molecule has 0 fully saturated rings. The molecule has 0 aliphatic heterocycles. The molecule has 6 heteroatoms. The molecule has 0 aliphatic rings. The predicted molar refractivity (Wildman–Crippen MR) is 59.8 cm³/mol. The molecule has 1 aromatic rings. The number of carbonyl (C=O) groups excluding carboxylic acids is 1. The van der Waals surface area contributed by atoms with Gasteiger partial charge in [-0.15, -0.1) is 0 Å². The molecule has 0 heterocycles. The lowest BCUT2D eigenvalue weighted by atomic mass is 10.3. The molecular weight excluding hydrogens is 246 g/mol. The molecule has 0 atom stereocenters. The summed E-state index contributed by atoms with van der Waals surface area (Å²) in [6.45, 7) is 0. The Morgan fingerprint density at radius 1 is 1.29 bits per heavy atom. The number of benzene rings is 1. The van der Waals surface area contributed by atoms with Crippen molar-refractivity contribution in [1.29, 1.82) is 0 Å². The largest absolute Gasteiger partial charge is 0.397 e. The van der Waals surface area contributed by atoms with Crippen LogP contribution in [0, 0.1) is 0 Å². The first kappa shape index (κ1) is 11.4. The summed E-state index contributed by atoms with van der Waals surface area (Å²) < 4.78 is -1.98. The quantitative estimate of drug-likeness (QED) is 0.597. The van der Waals surface area contributed by atoms with Crippen molar-refractivity contribution in [3.8, 4) is 0 Å². The molecule has 0 saturated carbocycles. The van der Waals surface area contributed by atoms with E-state index in [1.54, 1.807) is 24.3 Å². The second-order valence-corrected chi connectivity index (χ2v) is 4.82. The number of halogens is 3. The molecule has 0 radical (unpaired) electrons. The third-order valence-electron chi connectivity index (χ3n) is 1.47. The Balaban J connectivity index is 2.80. The van der Waals surface area contributed by atoms with Crippen LogP contribution in [0.15, 0.2) is 24.3 Å². The van der Waals surface area contributed by atoms with Crippen LogP contribution < -0.4 is 11.1 Å². The van der Waals surface area contributed by atoms with Gasteiger partial charge in [0, 0.05) is 0 Å². The van der Waals surface area contributed by atoms with Crippen molar-refractivity contribution in [2.75, 3.05) is 11.1 Å². The molecule has 3 N–H and O–H groups in total. The van der Waals surface area contributed by atoms with Gasteiger partial charge < -0.3 is 11.1 Å². The van der Waals surface area contributed by atoms with Crippen LogP contribution in [0.2, 0.25) is 0 Å². The van der Waals surface area contributed by atoms with Gasteiger partial charge in [-0.1, -0.05) is 46.9 Å². The first-order valence-electron chi connectivity index (χ1n) is 3.64. The number of hydrogen-bond acceptors (Lipinski definition) is 2. The van der Waals surface area contributed by atoms with Crippen molar-refractivity contribution in [2.24, 2.45) is 0 Å². The average Bonchev–Trinajstić information content (AvgIpc) is 2.07. The van der Waals surface area contributed by atoms with E-state index in [4.69, 9.17) is 40.5 Å². The van der Waals surface area contributed by atoms with Gasteiger partial charge in [-0.3, -0.25) is 4.79 Å². The fourth-order valence-electron chi connectivity index (χ4n) is 0.804. The van der Waals surface area contributed by atoms with Crippen molar-refractivity contribution >= 4 is 52.1 Å². The van der Waals surface area contributed by atoms with Crippen molar-refractivity contribution in [3.63, 3.8) is 0 Å². The highest BCUT2D eigenvalue weighted by molar-refractivity contribution is 6.76. The summed E-state index contributed by atoms with van der Waals surface area (Å²) >= 11 is 16.1. The van der Waals surface area contributed by atoms with Gasteiger partial charge in [-0.05, 0) is 12.1 Å². The minimum Gasteiger partial charge on any atom is -0.397 e. The van der Waals surface area contributed by atoms with Crippen LogP contribution in [0.4, 0.5) is 11.4 Å². The average molecular weight is 254 g/mol. The van der Waals surface area contributed by atoms with Crippen LogP contribution in [-0.2, 0) is 4.79 Å². The summed E-state index contributed by atoms with van der Waals surface area (Å²) in [4.78, 5) is 11.2. The number of rotatable bonds is 1. The molecule has 1 aromatic carbocycles. The molecule has 14 heavy (non-hydrogen) atoms. The number of alkyl halides is 3. The Labute approximate surface area is 96.1 Å². The molecule has 0 unspecified atom stereocenters. The molecule has 1 amide bonds. The van der Waals surface area contributed by atoms with Gasteiger partial charge in [-0.2, -0.15) is 0 Å². The number of nitrogen functional groups attached to an aromatic ring is 1. The van der Waals surface area contributed by atoms with Gasteiger partial charge in [0.05, 0.1) is 11.4 Å². The SMILES string of the molecule is Nc1ccccc1NC(=O)C(Cl)(Cl)Cl. The van der Waals surface area contributed by atoms with E-state index in [2.05, 4.69) is 5.32 Å². The number of nitrogens with two attached hydrogens (primary N) is 1. The second kappa shape index (κ2) is 4.26. The number of hydrogen-bond donors (Lipinski definition) is 2. The molecule has 1 rings (SSSR count). The van der Waals surface area contributed by atoms with Gasteiger partial charge >= 0.3 is 0 Å². The summed E-state index contributed by atoms with van der Waals surface area (Å²) in [5.41, 5.74) is 6.40. The minimum absolute atomic E-state index is 0.412. The van der Waals surface area contributed by atoms with E-state index in [1.807, 2.05) is 0 Å². The maximum atomic E-state index is 11.2. The lowest BCUT2D eigenvalue weighted by Crippen LogP contribution is -2.27. The minimum atomic E-state index is -1.98. The van der Waals surface area contributed by atoms with Gasteiger partial charge in [-0.25, -0.2) is 0 Å². The Morgan fingerprint density at radius 2 is 1.86 bits per heavy atom. The molecule has 76 valence electrons. The summed E-state index contributed by atoms with van der Waals surface area (Å²) in [5.74, 6) is -0.736. The van der Waals surface area contributed by atoms with Crippen molar-refractivity contribution in [3.05, 3.63) is 24.3 Å². The van der Waals surface area contributed by atoms with E-state index >= 15 is 0 Å². The number of carbonyl (C=O) groups is 1. The lowest BCUT2D eigenvalue weighted by Gasteiger charge is -2.12. The number of anilines is 2. The van der Waals surface area contributed by atoms with Gasteiger partial charge in [0.1, 0.15) is 0 Å². The molecule has 0 bridgehead atoms. The zero-order chi connectivity index (χ0) is 10.8. The maximum absolute atomic E-state index is 11.2. The second-order valence-electron chi connectivity index (χ2n) is 2.54. The smallest absolute Gasteiger partial charge is 0.276 e. The maximum Gasteiger partial charge on any atom is 0.276 e. The zero-order valence-corrected chi connectivity index (χ0v) is 9.20. The van der Waals surface area contributed by atoms with Crippen LogP contribution in [0.1, 0.15) is 0 Å². The van der Waals surface area contributed by atoms with E-state index in [0.29, 0.717) is 11.4 Å². The first-order chi connectivity index (χ1) is 6.41. The van der Waals surface area contributed by atoms with E-state index in [9.17, 15) is 4.79 Å². The standard InChI is InChI=1S/C8H7Cl3N2O/c9-8(10,11)7(14)13-6-4-2-1-3-5(6)12/h1-4H,12H2,(H,13,14). The zero-order valence-electron chi connectivity index (χ0n) is 6.93. The topological polar surface area (TPSA) is 55.1 Å². The van der Waals surface area contributed by atoms with Gasteiger partial charge in [0.25, 0.3) is 9.70 Å². The van der Waals surface area contributed by atoms with Crippen LogP contribution in [0.25, 0.3) is 0 Å². The Hall–Kier alpha value is -0.640. The number of amides is 1. The van der Waals surface area contributed by atoms with E-state index in [1.165, 1.54) is 0 Å². The summed E-state index contributed by atoms with van der Waals surface area (Å²) in [5, 5.41) is 2.39. The van der Waals surface area contributed by atoms with E-state index in [0.717, 1.165) is 0 Å². The molecule has 0 aliphatic carbocycles. The summed E-state index contributed by atoms with van der Waals surface area (Å²) in [6, 6.07) is 6.70. The van der Waals surface area contributed by atoms with E-state index in [-0.39, 0.29) is 0 Å². The number of nitrogens with one attached hydrogen (secondary N) is 1. The highest BCUT2D eigenvalue weighted by Crippen LogP contribution is 2.28. The molecule has 3 nitrogen and oxygen atoms in total. The molecule has 0 spiro atoms. The predicted octanol–water partition coefficient (Wildman–Crippen LogP) is 2.58. The molecular formula is C8H7Cl3N2O. The van der Waals surface area contributed by atoms with Crippen LogP contribution in [0.3, 0.4) is 0 Å². The van der Waals surface area contributed by atoms with Crippen LogP contribution in [0.5, 0.6) is 0 Å². The lowest BCUT2D eigenvalue weighted by molar-refractivity contribution is -0.115. The molecule has 0 aromatic heterocycles. The number of para-hydroxylation sites is 2. The van der Waals surface area contributed by atoms with Gasteiger partial charge in [0.2, 0.25) is 0 Å². The first-order valence-corrected chi connectivity index (χ1v) is 4.77. The van der Waals surface area contributed by atoms with Crippen molar-refractivity contribution in [2.45, 2.75) is 3.79 Å². The van der Waals surface area contributed by atoms with Crippen LogP contribution >= 0.6 is 34.8 Å². The fraction of sp³-hybridized carbons (Fsp3) is 0.125. The summed E-state index contributed by atoms with van der Waals surface area (Å²) in [7, 11) is 0. The Kier molecular flexibility index (Phi) is 3.48. The molecule has 0 saturated heterocycles. The van der Waals surface area contributed by atoms with Gasteiger partial charge in [0.15, 0.2) is 0 Å². The Bertz CT molecular complexity index is 349. The highest BCUT2D eigenvalue weighted by atomic mass is 35.6. The van der Waals surface area contributed by atoms with Crippen molar-refractivity contribution in [1.82, 2.24) is 0 Å². The monoisotopic (exact) mass is 252 g/mol. The fourth-order valence-corrected chi connectivity index (χ4v) is 0.946. The Morgan fingerprint density at radius 3 is 2.36 bits per heavy atom. The van der Waals surface area contributed by atoms with E-state index < -0.39 is 9.70 Å². The third kappa shape index (κ3) is 2.94. The van der Waals surface area contributed by atoms with Crippen LogP contribution in [-0.4, -0.2) is 9.70 Å². The normalized spacial score (nSPS) is 11.1. The summed E-state index contributed by atoms with van der Waals surface area (Å²) in [6.07, 6.45) is 0. The highest BCUT2D eigenvalue weighted by Gasteiger charge is 2.30.